The third kappa shape index (κ3) is 15.4. The Kier molecular flexibility index (Phi) is 9.81. The lowest BCUT2D eigenvalue weighted by Gasteiger charge is -1.97. The number of carboxylic acid groups (broad SMARTS) is 2. The monoisotopic (exact) mass is 218 g/mol. The lowest BCUT2D eigenvalue weighted by molar-refractivity contribution is -0.139. The van der Waals surface area contributed by atoms with Gasteiger partial charge in [0.15, 0.2) is 0 Å². The van der Waals surface area contributed by atoms with Crippen molar-refractivity contribution in [2.75, 3.05) is 0 Å². The Bertz CT molecular complexity index is 226. The summed E-state index contributed by atoms with van der Waals surface area (Å²) in [6, 6.07) is 0. The SMILES string of the molecule is C=C(CC(=O)O)C(=O)O.CCCC(N)N. The van der Waals surface area contributed by atoms with Crippen molar-refractivity contribution in [3.8, 4) is 0 Å². The van der Waals surface area contributed by atoms with Crippen LogP contribution in [0.5, 0.6) is 0 Å². The van der Waals surface area contributed by atoms with E-state index in [0.29, 0.717) is 0 Å². The van der Waals surface area contributed by atoms with E-state index in [9.17, 15) is 9.59 Å². The lowest BCUT2D eigenvalue weighted by atomic mass is 10.2. The van der Waals surface area contributed by atoms with E-state index >= 15 is 0 Å². The molecule has 6 nitrogen and oxygen atoms in total. The van der Waals surface area contributed by atoms with Gasteiger partial charge in [0.25, 0.3) is 0 Å². The maximum Gasteiger partial charge on any atom is 0.331 e. The standard InChI is InChI=1S/C5H6O4.C4H12N2/c1-3(5(8)9)2-4(6)7;1-2-3-4(5)6/h1-2H2,(H,6,7)(H,8,9);4H,2-3,5-6H2,1H3. The van der Waals surface area contributed by atoms with Crippen LogP contribution in [0, 0.1) is 0 Å². The minimum Gasteiger partial charge on any atom is -0.481 e. The molecule has 0 aliphatic rings. The second-order valence-electron chi connectivity index (χ2n) is 2.93. The van der Waals surface area contributed by atoms with Crippen molar-refractivity contribution < 1.29 is 19.8 Å². The fourth-order valence-electron chi connectivity index (χ4n) is 0.591. The fourth-order valence-corrected chi connectivity index (χ4v) is 0.591. The third-order valence-electron chi connectivity index (χ3n) is 1.29. The van der Waals surface area contributed by atoms with Crippen LogP contribution in [0.2, 0.25) is 0 Å². The molecule has 0 rings (SSSR count). The molecule has 0 aromatic carbocycles. The van der Waals surface area contributed by atoms with Crippen molar-refractivity contribution in [2.24, 2.45) is 11.5 Å². The smallest absolute Gasteiger partial charge is 0.331 e. The normalized spacial score (nSPS) is 9.07. The molecule has 0 heterocycles. The van der Waals surface area contributed by atoms with E-state index in [0.717, 1.165) is 12.8 Å². The maximum absolute atomic E-state index is 9.87. The molecule has 0 aromatic heterocycles. The van der Waals surface area contributed by atoms with Crippen molar-refractivity contribution in [3.63, 3.8) is 0 Å². The summed E-state index contributed by atoms with van der Waals surface area (Å²) in [7, 11) is 0. The molecular weight excluding hydrogens is 200 g/mol. The molecule has 6 heteroatoms. The molecule has 0 aromatic rings. The second-order valence-corrected chi connectivity index (χ2v) is 2.93. The summed E-state index contributed by atoms with van der Waals surface area (Å²) in [5.41, 5.74) is 10.1. The van der Waals surface area contributed by atoms with Gasteiger partial charge in [0, 0.05) is 5.57 Å². The van der Waals surface area contributed by atoms with Gasteiger partial charge in [0.05, 0.1) is 12.6 Å². The number of rotatable bonds is 5. The number of hydrogen-bond acceptors (Lipinski definition) is 4. The first-order valence-electron chi connectivity index (χ1n) is 4.45. The molecule has 0 spiro atoms. The lowest BCUT2D eigenvalue weighted by Crippen LogP contribution is -2.29. The Morgan fingerprint density at radius 2 is 1.80 bits per heavy atom. The van der Waals surface area contributed by atoms with Crippen LogP contribution in [0.3, 0.4) is 0 Å². The maximum atomic E-state index is 9.87. The minimum absolute atomic E-state index is 0.102. The van der Waals surface area contributed by atoms with E-state index in [1.165, 1.54) is 0 Å². The fraction of sp³-hybridized carbons (Fsp3) is 0.556. The number of carboxylic acids is 2. The molecule has 0 atom stereocenters. The number of aliphatic carboxylic acids is 2. The van der Waals surface area contributed by atoms with E-state index in [4.69, 9.17) is 21.7 Å². The highest BCUT2D eigenvalue weighted by Crippen LogP contribution is 1.95. The highest BCUT2D eigenvalue weighted by molar-refractivity contribution is 5.91. The summed E-state index contributed by atoms with van der Waals surface area (Å²) in [6.45, 7) is 5.08. The van der Waals surface area contributed by atoms with E-state index in [2.05, 4.69) is 13.5 Å². The van der Waals surface area contributed by atoms with Gasteiger partial charge in [-0.2, -0.15) is 0 Å². The van der Waals surface area contributed by atoms with Crippen LogP contribution < -0.4 is 11.5 Å². The summed E-state index contributed by atoms with van der Waals surface area (Å²) in [4.78, 5) is 19.7. The van der Waals surface area contributed by atoms with Gasteiger partial charge >= 0.3 is 11.9 Å². The number of nitrogens with two attached hydrogens (primary N) is 2. The summed E-state index contributed by atoms with van der Waals surface area (Å²) < 4.78 is 0. The first-order valence-corrected chi connectivity index (χ1v) is 4.45. The van der Waals surface area contributed by atoms with Gasteiger partial charge < -0.3 is 21.7 Å². The minimum atomic E-state index is -1.27. The number of hydrogen-bond donors (Lipinski definition) is 4. The Morgan fingerprint density at radius 1 is 1.33 bits per heavy atom. The average Bonchev–Trinajstić information content (AvgIpc) is 2.03. The second kappa shape index (κ2) is 9.17. The Hall–Kier alpha value is -1.40. The van der Waals surface area contributed by atoms with Crippen LogP contribution in [0.25, 0.3) is 0 Å². The van der Waals surface area contributed by atoms with Crippen LogP contribution in [0.1, 0.15) is 26.2 Å². The predicted octanol–water partition coefficient (Wildman–Crippen LogP) is 0.132. The molecule has 0 aliphatic heterocycles. The molecule has 0 amide bonds. The molecule has 0 radical (unpaired) electrons. The first kappa shape index (κ1) is 16.0. The van der Waals surface area contributed by atoms with Crippen LogP contribution in [0.15, 0.2) is 12.2 Å². The summed E-state index contributed by atoms with van der Waals surface area (Å²) >= 11 is 0. The molecule has 0 unspecified atom stereocenters. The van der Waals surface area contributed by atoms with Gasteiger partial charge in [-0.25, -0.2) is 4.79 Å². The van der Waals surface area contributed by atoms with Gasteiger partial charge in [-0.3, -0.25) is 4.79 Å². The summed E-state index contributed by atoms with van der Waals surface area (Å²) in [6.07, 6.45) is 1.41. The summed E-state index contributed by atoms with van der Waals surface area (Å²) in [5, 5.41) is 16.1. The first-order chi connectivity index (χ1) is 6.81. The predicted molar refractivity (Wildman–Crippen MR) is 56.1 cm³/mol. The van der Waals surface area contributed by atoms with Gasteiger partial charge in [-0.05, 0) is 6.42 Å². The van der Waals surface area contributed by atoms with Crippen LogP contribution >= 0.6 is 0 Å². The molecule has 0 aliphatic carbocycles. The topological polar surface area (TPSA) is 127 Å². The number of carbonyl (C=O) groups is 2. The molecule has 0 saturated carbocycles. The molecule has 0 bridgehead atoms. The van der Waals surface area contributed by atoms with Crippen molar-refractivity contribution >= 4 is 11.9 Å². The highest BCUT2D eigenvalue weighted by atomic mass is 16.4. The van der Waals surface area contributed by atoms with Gasteiger partial charge in [0.1, 0.15) is 0 Å². The molecule has 15 heavy (non-hydrogen) atoms. The van der Waals surface area contributed by atoms with E-state index in [1.807, 2.05) is 0 Å². The van der Waals surface area contributed by atoms with Crippen molar-refractivity contribution in [2.45, 2.75) is 32.4 Å². The van der Waals surface area contributed by atoms with Crippen molar-refractivity contribution in [1.29, 1.82) is 0 Å². The zero-order valence-electron chi connectivity index (χ0n) is 8.77. The zero-order valence-corrected chi connectivity index (χ0v) is 8.77. The van der Waals surface area contributed by atoms with Gasteiger partial charge in [0.2, 0.25) is 0 Å². The highest BCUT2D eigenvalue weighted by Gasteiger charge is 2.07. The van der Waals surface area contributed by atoms with Crippen molar-refractivity contribution in [3.05, 3.63) is 12.2 Å². The van der Waals surface area contributed by atoms with Crippen LogP contribution in [0.4, 0.5) is 0 Å². The Morgan fingerprint density at radius 3 is 1.87 bits per heavy atom. The molecule has 0 saturated heterocycles. The average molecular weight is 218 g/mol. The summed E-state index contributed by atoms with van der Waals surface area (Å²) in [5.74, 6) is -2.44. The van der Waals surface area contributed by atoms with Gasteiger partial charge in [-0.15, -0.1) is 0 Å². The molecule has 0 fully saturated rings. The van der Waals surface area contributed by atoms with E-state index in [1.54, 1.807) is 0 Å². The van der Waals surface area contributed by atoms with Crippen LogP contribution in [-0.4, -0.2) is 28.3 Å². The largest absolute Gasteiger partial charge is 0.481 e. The van der Waals surface area contributed by atoms with Crippen LogP contribution in [-0.2, 0) is 9.59 Å². The molecule has 6 N–H and O–H groups in total. The Labute approximate surface area is 88.6 Å². The quantitative estimate of drug-likeness (QED) is 0.384. The third-order valence-corrected chi connectivity index (χ3v) is 1.29. The Balaban J connectivity index is 0. The van der Waals surface area contributed by atoms with E-state index in [-0.39, 0.29) is 11.7 Å². The van der Waals surface area contributed by atoms with E-state index < -0.39 is 18.4 Å². The van der Waals surface area contributed by atoms with Crippen molar-refractivity contribution in [1.82, 2.24) is 0 Å². The zero-order chi connectivity index (χ0) is 12.4. The molecular formula is C9H18N2O4. The van der Waals surface area contributed by atoms with Gasteiger partial charge in [-0.1, -0.05) is 19.9 Å². The molecule has 88 valence electrons.